The van der Waals surface area contributed by atoms with Gasteiger partial charge in [0, 0.05) is 6.42 Å². The minimum Gasteiger partial charge on any atom is -0.481 e. The lowest BCUT2D eigenvalue weighted by Crippen LogP contribution is -2.17. The minimum atomic E-state index is -2.97. The van der Waals surface area contributed by atoms with Crippen LogP contribution in [0.1, 0.15) is 13.3 Å². The van der Waals surface area contributed by atoms with Crippen LogP contribution >= 0.6 is 0 Å². The van der Waals surface area contributed by atoms with E-state index in [1.54, 1.807) is 0 Å². The maximum atomic E-state index is 12.1. The molecule has 0 unspecified atom stereocenters. The van der Waals surface area contributed by atoms with E-state index >= 15 is 0 Å². The van der Waals surface area contributed by atoms with Gasteiger partial charge in [-0.2, -0.15) is 0 Å². The van der Waals surface area contributed by atoms with Gasteiger partial charge >= 0.3 is 5.97 Å². The van der Waals surface area contributed by atoms with E-state index in [1.807, 2.05) is 0 Å². The van der Waals surface area contributed by atoms with Crippen molar-refractivity contribution in [2.24, 2.45) is 5.41 Å². The van der Waals surface area contributed by atoms with Gasteiger partial charge in [0.2, 0.25) is 0 Å². The van der Waals surface area contributed by atoms with Crippen molar-refractivity contribution in [1.82, 2.24) is 0 Å². The molecule has 0 aromatic heterocycles. The van der Waals surface area contributed by atoms with Crippen LogP contribution in [-0.4, -0.2) is 17.0 Å². The highest BCUT2D eigenvalue weighted by Gasteiger charge is 2.73. The smallest absolute Gasteiger partial charge is 0.315 e. The third-order valence-electron chi connectivity index (χ3n) is 1.73. The summed E-state index contributed by atoms with van der Waals surface area (Å²) in [5.74, 6) is -4.38. The van der Waals surface area contributed by atoms with Crippen molar-refractivity contribution in [3.63, 3.8) is 0 Å². The van der Waals surface area contributed by atoms with E-state index in [9.17, 15) is 13.6 Å². The molecule has 9 heavy (non-hydrogen) atoms. The van der Waals surface area contributed by atoms with E-state index in [-0.39, 0.29) is 0 Å². The molecule has 0 aromatic rings. The van der Waals surface area contributed by atoms with Crippen molar-refractivity contribution in [1.29, 1.82) is 0 Å². The standard InChI is InChI=1S/C5H6F2O2/c1-4(3(8)9)2-5(4,6)7/h2H2,1H3,(H,8,9)/t4-/m0/s1. The lowest BCUT2D eigenvalue weighted by Gasteiger charge is -2.00. The first kappa shape index (κ1) is 6.45. The average Bonchev–Trinajstić information content (AvgIpc) is 2.08. The van der Waals surface area contributed by atoms with Crippen molar-refractivity contribution in [2.75, 3.05) is 0 Å². The second-order valence-corrected chi connectivity index (χ2v) is 2.52. The zero-order valence-corrected chi connectivity index (χ0v) is 4.82. The number of hydrogen-bond donors (Lipinski definition) is 1. The summed E-state index contributed by atoms with van der Waals surface area (Å²) in [5, 5.41) is 8.17. The molecule has 0 radical (unpaired) electrons. The maximum Gasteiger partial charge on any atom is 0.315 e. The van der Waals surface area contributed by atoms with Crippen LogP contribution in [0.5, 0.6) is 0 Å². The minimum absolute atomic E-state index is 0.519. The molecule has 52 valence electrons. The molecule has 2 nitrogen and oxygen atoms in total. The summed E-state index contributed by atoms with van der Waals surface area (Å²) in [7, 11) is 0. The van der Waals surface area contributed by atoms with Gasteiger partial charge in [0.25, 0.3) is 5.92 Å². The Morgan fingerprint density at radius 2 is 2.00 bits per heavy atom. The third-order valence-corrected chi connectivity index (χ3v) is 1.73. The highest BCUT2D eigenvalue weighted by Crippen LogP contribution is 2.60. The van der Waals surface area contributed by atoms with Gasteiger partial charge in [-0.25, -0.2) is 8.78 Å². The molecular weight excluding hydrogens is 130 g/mol. The van der Waals surface area contributed by atoms with Crippen molar-refractivity contribution < 1.29 is 18.7 Å². The largest absolute Gasteiger partial charge is 0.481 e. The molecule has 4 heteroatoms. The van der Waals surface area contributed by atoms with Crippen LogP contribution < -0.4 is 0 Å². The molecule has 0 aliphatic heterocycles. The molecule has 1 N–H and O–H groups in total. The molecule has 0 aromatic carbocycles. The summed E-state index contributed by atoms with van der Waals surface area (Å²) < 4.78 is 24.1. The van der Waals surface area contributed by atoms with Gasteiger partial charge in [-0.3, -0.25) is 4.79 Å². The number of rotatable bonds is 1. The first-order valence-corrected chi connectivity index (χ1v) is 2.51. The van der Waals surface area contributed by atoms with Crippen LogP contribution in [0.2, 0.25) is 0 Å². The molecule has 0 spiro atoms. The van der Waals surface area contributed by atoms with E-state index in [1.165, 1.54) is 0 Å². The van der Waals surface area contributed by atoms with Gasteiger partial charge in [-0.1, -0.05) is 0 Å². The van der Waals surface area contributed by atoms with Crippen LogP contribution in [0.15, 0.2) is 0 Å². The van der Waals surface area contributed by atoms with Crippen LogP contribution in [0.3, 0.4) is 0 Å². The van der Waals surface area contributed by atoms with Crippen LogP contribution in [0, 0.1) is 5.41 Å². The van der Waals surface area contributed by atoms with Gasteiger partial charge in [0.1, 0.15) is 5.41 Å². The fourth-order valence-electron chi connectivity index (χ4n) is 0.632. The van der Waals surface area contributed by atoms with E-state index in [0.29, 0.717) is 0 Å². The fourth-order valence-corrected chi connectivity index (χ4v) is 0.632. The maximum absolute atomic E-state index is 12.1. The second-order valence-electron chi connectivity index (χ2n) is 2.52. The normalized spacial score (nSPS) is 38.1. The summed E-state index contributed by atoms with van der Waals surface area (Å²) in [4.78, 5) is 10.0. The highest BCUT2D eigenvalue weighted by molar-refractivity contribution is 5.79. The molecule has 1 aliphatic rings. The molecule has 0 heterocycles. The first-order chi connectivity index (χ1) is 3.90. The Bertz CT molecular complexity index is 166. The lowest BCUT2D eigenvalue weighted by atomic mass is 10.1. The monoisotopic (exact) mass is 136 g/mol. The fraction of sp³-hybridized carbons (Fsp3) is 0.800. The van der Waals surface area contributed by atoms with Crippen molar-refractivity contribution in [3.8, 4) is 0 Å². The predicted molar refractivity (Wildman–Crippen MR) is 25.3 cm³/mol. The van der Waals surface area contributed by atoms with E-state index < -0.39 is 23.7 Å². The molecule has 1 fully saturated rings. The van der Waals surface area contributed by atoms with Crippen LogP contribution in [-0.2, 0) is 4.79 Å². The van der Waals surface area contributed by atoms with Crippen LogP contribution in [0.25, 0.3) is 0 Å². The Labute approximate surface area is 50.5 Å². The molecular formula is C5H6F2O2. The van der Waals surface area contributed by atoms with E-state index in [4.69, 9.17) is 5.11 Å². The summed E-state index contributed by atoms with van der Waals surface area (Å²) in [6, 6.07) is 0. The van der Waals surface area contributed by atoms with Crippen molar-refractivity contribution >= 4 is 5.97 Å². The second kappa shape index (κ2) is 1.25. The Kier molecular flexibility index (Phi) is 0.896. The summed E-state index contributed by atoms with van der Waals surface area (Å²) in [6.45, 7) is 1.05. The van der Waals surface area contributed by atoms with Crippen molar-refractivity contribution in [2.45, 2.75) is 19.3 Å². The zero-order chi connectivity index (χ0) is 7.28. The molecule has 1 aliphatic carbocycles. The highest BCUT2D eigenvalue weighted by atomic mass is 19.3. The predicted octanol–water partition coefficient (Wildman–Crippen LogP) is 1.12. The quantitative estimate of drug-likeness (QED) is 0.586. The van der Waals surface area contributed by atoms with Crippen molar-refractivity contribution in [3.05, 3.63) is 0 Å². The molecule has 0 bridgehead atoms. The van der Waals surface area contributed by atoms with Gasteiger partial charge in [-0.05, 0) is 6.92 Å². The zero-order valence-electron chi connectivity index (χ0n) is 4.82. The number of carboxylic acid groups (broad SMARTS) is 1. The summed E-state index contributed by atoms with van der Waals surface area (Å²) in [6.07, 6.45) is -0.519. The number of halogens is 2. The number of carbonyl (C=O) groups is 1. The molecule has 0 amide bonds. The number of alkyl halides is 2. The Balaban J connectivity index is 2.74. The number of hydrogen-bond acceptors (Lipinski definition) is 1. The first-order valence-electron chi connectivity index (χ1n) is 2.51. The van der Waals surface area contributed by atoms with Gasteiger partial charge in [-0.15, -0.1) is 0 Å². The van der Waals surface area contributed by atoms with E-state index in [2.05, 4.69) is 0 Å². The lowest BCUT2D eigenvalue weighted by molar-refractivity contribution is -0.146. The molecule has 1 saturated carbocycles. The Morgan fingerprint density at radius 1 is 1.67 bits per heavy atom. The topological polar surface area (TPSA) is 37.3 Å². The van der Waals surface area contributed by atoms with Crippen LogP contribution in [0.4, 0.5) is 8.78 Å². The Morgan fingerprint density at radius 3 is 2.00 bits per heavy atom. The van der Waals surface area contributed by atoms with Gasteiger partial charge < -0.3 is 5.11 Å². The van der Waals surface area contributed by atoms with Gasteiger partial charge in [0.05, 0.1) is 0 Å². The summed E-state index contributed by atoms with van der Waals surface area (Å²) >= 11 is 0. The van der Waals surface area contributed by atoms with Gasteiger partial charge in [0.15, 0.2) is 0 Å². The molecule has 0 saturated heterocycles. The van der Waals surface area contributed by atoms with E-state index in [0.717, 1.165) is 6.92 Å². The summed E-state index contributed by atoms with van der Waals surface area (Å²) in [5.41, 5.74) is -1.77. The molecule has 1 atom stereocenters. The SMILES string of the molecule is C[C@@]1(C(=O)O)CC1(F)F. The Hall–Kier alpha value is -0.670. The third kappa shape index (κ3) is 0.620. The number of carboxylic acids is 1. The average molecular weight is 136 g/mol. The molecule has 1 rings (SSSR count). The number of aliphatic carboxylic acids is 1.